The summed E-state index contributed by atoms with van der Waals surface area (Å²) in [5.74, 6) is 0.983. The second kappa shape index (κ2) is 1.96. The van der Waals surface area contributed by atoms with Crippen molar-refractivity contribution in [1.29, 1.82) is 5.26 Å². The zero-order valence-corrected chi connectivity index (χ0v) is 5.73. The molecule has 0 saturated carbocycles. The molecule has 0 radical (unpaired) electrons. The standard InChI is InChI=1S/C4H9BF2N2/c1-9(2,3)5(6,7)4-8/h1-3H3. The van der Waals surface area contributed by atoms with Gasteiger partial charge in [-0.25, -0.2) is 5.26 Å². The molecule has 0 fully saturated rings. The van der Waals surface area contributed by atoms with E-state index in [2.05, 4.69) is 0 Å². The molecule has 0 aromatic heterocycles. The summed E-state index contributed by atoms with van der Waals surface area (Å²) in [5.41, 5.74) is 0. The summed E-state index contributed by atoms with van der Waals surface area (Å²) in [6, 6.07) is 0. The zero-order valence-electron chi connectivity index (χ0n) is 5.73. The van der Waals surface area contributed by atoms with Gasteiger partial charge in [-0.2, -0.15) is 0 Å². The third-order valence-electron chi connectivity index (χ3n) is 1.13. The largest absolute Gasteiger partial charge is 0.641 e. The molecule has 0 bridgehead atoms. The second-order valence-electron chi connectivity index (χ2n) is 2.87. The van der Waals surface area contributed by atoms with E-state index in [9.17, 15) is 8.63 Å². The summed E-state index contributed by atoms with van der Waals surface area (Å²) in [5, 5.41) is 7.94. The molecule has 0 rings (SSSR count). The number of nitrogens with zero attached hydrogens (tertiary/aromatic N) is 2. The van der Waals surface area contributed by atoms with Crippen molar-refractivity contribution in [2.24, 2.45) is 0 Å². The molecule has 0 aliphatic rings. The molecule has 5 heteroatoms. The van der Waals surface area contributed by atoms with Crippen LogP contribution in [0, 0.1) is 11.2 Å². The van der Waals surface area contributed by atoms with E-state index in [0.29, 0.717) is 0 Å². The van der Waals surface area contributed by atoms with E-state index < -0.39 is 11.2 Å². The van der Waals surface area contributed by atoms with Crippen LogP contribution in [0.3, 0.4) is 0 Å². The number of hydrogen-bond acceptors (Lipinski definition) is 1. The van der Waals surface area contributed by atoms with Gasteiger partial charge in [-0.05, 0) is 0 Å². The van der Waals surface area contributed by atoms with Crippen LogP contribution >= 0.6 is 0 Å². The van der Waals surface area contributed by atoms with Crippen molar-refractivity contribution in [3.63, 3.8) is 0 Å². The first kappa shape index (κ1) is 8.37. The maximum absolute atomic E-state index is 12.3. The fraction of sp³-hybridized carbons (Fsp3) is 0.750. The van der Waals surface area contributed by atoms with Crippen molar-refractivity contribution in [2.45, 2.75) is 0 Å². The van der Waals surface area contributed by atoms with Gasteiger partial charge < -0.3 is 13.0 Å². The minimum absolute atomic E-state index is 0.587. The van der Waals surface area contributed by atoms with Gasteiger partial charge in [0.25, 0.3) is 0 Å². The Kier molecular flexibility index (Phi) is 1.82. The van der Waals surface area contributed by atoms with E-state index in [-0.39, 0.29) is 0 Å². The zero-order chi connectivity index (χ0) is 7.71. The molecular weight excluding hydrogens is 125 g/mol. The fourth-order valence-corrected chi connectivity index (χ4v) is 0.173. The maximum atomic E-state index is 12.3. The highest BCUT2D eigenvalue weighted by molar-refractivity contribution is 6.66. The molecule has 0 aliphatic carbocycles. The first-order chi connectivity index (χ1) is 3.81. The monoisotopic (exact) mass is 134 g/mol. The van der Waals surface area contributed by atoms with E-state index in [1.165, 1.54) is 21.1 Å². The highest BCUT2D eigenvalue weighted by atomic mass is 19.2. The average Bonchev–Trinajstić information content (AvgIpc) is 1.64. The molecule has 0 amide bonds. The second-order valence-corrected chi connectivity index (χ2v) is 2.87. The van der Waals surface area contributed by atoms with Crippen molar-refractivity contribution in [1.82, 2.24) is 0 Å². The van der Waals surface area contributed by atoms with Gasteiger partial charge in [0.05, 0.1) is 0 Å². The van der Waals surface area contributed by atoms with Crippen molar-refractivity contribution in [3.8, 4) is 5.97 Å². The molecule has 0 aromatic carbocycles. The fourth-order valence-electron chi connectivity index (χ4n) is 0.173. The Morgan fingerprint density at radius 2 is 1.67 bits per heavy atom. The Hall–Kier alpha value is -0.625. The van der Waals surface area contributed by atoms with Crippen LogP contribution in [0.15, 0.2) is 0 Å². The van der Waals surface area contributed by atoms with Gasteiger partial charge in [0.1, 0.15) is 0 Å². The first-order valence-corrected chi connectivity index (χ1v) is 2.55. The Bertz CT molecular complexity index is 144. The normalized spacial score (nSPS) is 12.9. The highest BCUT2D eigenvalue weighted by Crippen LogP contribution is 2.14. The lowest BCUT2D eigenvalue weighted by molar-refractivity contribution is -0.779. The summed E-state index contributed by atoms with van der Waals surface area (Å²) < 4.78 is 24.1. The quantitative estimate of drug-likeness (QED) is 0.482. The molecule has 0 heterocycles. The van der Waals surface area contributed by atoms with Crippen molar-refractivity contribution in [2.75, 3.05) is 21.1 Å². The Morgan fingerprint density at radius 1 is 1.33 bits per heavy atom. The summed E-state index contributed by atoms with van der Waals surface area (Å²) >= 11 is 0. The SMILES string of the molecule is C[N+](C)(C)[B-](F)(F)C#N. The van der Waals surface area contributed by atoms with Gasteiger partial charge in [-0.1, -0.05) is 0 Å². The Morgan fingerprint density at radius 3 is 1.67 bits per heavy atom. The van der Waals surface area contributed by atoms with Crippen LogP contribution in [0.5, 0.6) is 0 Å². The summed E-state index contributed by atoms with van der Waals surface area (Å²) in [6.45, 7) is -3.89. The molecule has 2 nitrogen and oxygen atoms in total. The van der Waals surface area contributed by atoms with Gasteiger partial charge in [0.15, 0.2) is 0 Å². The van der Waals surface area contributed by atoms with E-state index in [1.807, 2.05) is 0 Å². The van der Waals surface area contributed by atoms with Gasteiger partial charge in [0, 0.05) is 27.1 Å². The van der Waals surface area contributed by atoms with E-state index in [0.717, 1.165) is 5.97 Å². The third kappa shape index (κ3) is 1.65. The summed E-state index contributed by atoms with van der Waals surface area (Å²) in [4.78, 5) is 0. The average molecular weight is 134 g/mol. The molecule has 0 aliphatic heterocycles. The van der Waals surface area contributed by atoms with Gasteiger partial charge >= 0.3 is 6.84 Å². The number of quaternary nitrogens is 1. The van der Waals surface area contributed by atoms with Crippen LogP contribution in [0.25, 0.3) is 0 Å². The predicted molar refractivity (Wildman–Crippen MR) is 31.6 cm³/mol. The van der Waals surface area contributed by atoms with E-state index in [1.54, 1.807) is 0 Å². The Balaban J connectivity index is 4.39. The van der Waals surface area contributed by atoms with Crippen molar-refractivity contribution in [3.05, 3.63) is 0 Å². The first-order valence-electron chi connectivity index (χ1n) is 2.55. The molecule has 0 saturated heterocycles. The van der Waals surface area contributed by atoms with Crippen LogP contribution in [0.1, 0.15) is 0 Å². The number of nitriles is 1. The molecule has 0 N–H and O–H groups in total. The van der Waals surface area contributed by atoms with E-state index in [4.69, 9.17) is 5.26 Å². The van der Waals surface area contributed by atoms with Crippen LogP contribution in [0.4, 0.5) is 8.63 Å². The molecule has 0 atom stereocenters. The molecule has 0 aromatic rings. The van der Waals surface area contributed by atoms with Crippen LogP contribution in [-0.2, 0) is 0 Å². The number of hydrogen-bond donors (Lipinski definition) is 0. The lowest BCUT2D eigenvalue weighted by Crippen LogP contribution is -2.55. The van der Waals surface area contributed by atoms with Crippen LogP contribution in [0.2, 0.25) is 0 Å². The summed E-state index contributed by atoms with van der Waals surface area (Å²) in [6.07, 6.45) is 0. The molecular formula is C4H9BF2N2. The minimum atomic E-state index is -3.89. The highest BCUT2D eigenvalue weighted by Gasteiger charge is 2.42. The maximum Gasteiger partial charge on any atom is 0.641 e. The smallest absolute Gasteiger partial charge is 0.450 e. The van der Waals surface area contributed by atoms with Crippen molar-refractivity contribution >= 4 is 6.84 Å². The van der Waals surface area contributed by atoms with Crippen LogP contribution in [-0.4, -0.2) is 32.4 Å². The molecule has 0 unspecified atom stereocenters. The lowest BCUT2D eigenvalue weighted by atomic mass is 9.78. The van der Waals surface area contributed by atoms with Gasteiger partial charge in [-0.15, -0.1) is 0 Å². The molecule has 9 heavy (non-hydrogen) atoms. The lowest BCUT2D eigenvalue weighted by Gasteiger charge is -2.36. The number of halogens is 2. The van der Waals surface area contributed by atoms with Gasteiger partial charge in [0.2, 0.25) is 0 Å². The van der Waals surface area contributed by atoms with E-state index >= 15 is 0 Å². The summed E-state index contributed by atoms with van der Waals surface area (Å²) in [7, 11) is 3.88. The molecule has 52 valence electrons. The topological polar surface area (TPSA) is 23.8 Å². The van der Waals surface area contributed by atoms with Gasteiger partial charge in [-0.3, -0.25) is 0 Å². The predicted octanol–water partition coefficient (Wildman–Crippen LogP) is 0.633. The Labute approximate surface area is 53.3 Å². The third-order valence-corrected chi connectivity index (χ3v) is 1.13. The number of rotatable bonds is 1. The van der Waals surface area contributed by atoms with Crippen molar-refractivity contribution < 1.29 is 13.0 Å². The molecule has 0 spiro atoms. The van der Waals surface area contributed by atoms with Crippen LogP contribution < -0.4 is 0 Å². The minimum Gasteiger partial charge on any atom is -0.450 e.